The number of amides is 1. The summed E-state index contributed by atoms with van der Waals surface area (Å²) in [5.41, 5.74) is 3.68. The van der Waals surface area contributed by atoms with Crippen LogP contribution in [0.5, 0.6) is 0 Å². The molecule has 1 amide bonds. The molecule has 2 heterocycles. The standard InChI is InChI=1S/C14H13N5OS/c1-8-7-21-14(16-8)18-13(20)11-6-9-4-2-3-5-10(9)12(17-11)19-15/h2-7H,15H2,1H3,(H,17,19)(H,16,18,20). The maximum atomic E-state index is 12.3. The molecule has 0 spiro atoms. The number of nitrogens with two attached hydrogens (primary N) is 1. The van der Waals surface area contributed by atoms with Gasteiger partial charge in [0.2, 0.25) is 0 Å². The van der Waals surface area contributed by atoms with E-state index in [0.29, 0.717) is 10.9 Å². The first-order valence-electron chi connectivity index (χ1n) is 6.27. The average molecular weight is 299 g/mol. The minimum Gasteiger partial charge on any atom is -0.308 e. The van der Waals surface area contributed by atoms with Gasteiger partial charge in [-0.1, -0.05) is 24.3 Å². The Morgan fingerprint density at radius 1 is 1.29 bits per heavy atom. The number of aryl methyl sites for hydroxylation is 1. The van der Waals surface area contributed by atoms with Crippen LogP contribution in [0.25, 0.3) is 10.8 Å². The number of anilines is 2. The van der Waals surface area contributed by atoms with Crippen molar-refractivity contribution in [1.29, 1.82) is 0 Å². The van der Waals surface area contributed by atoms with Crippen LogP contribution in [-0.2, 0) is 0 Å². The van der Waals surface area contributed by atoms with Gasteiger partial charge in [-0.2, -0.15) is 0 Å². The fourth-order valence-corrected chi connectivity index (χ4v) is 2.68. The van der Waals surface area contributed by atoms with E-state index in [1.807, 2.05) is 36.6 Å². The summed E-state index contributed by atoms with van der Waals surface area (Å²) in [7, 11) is 0. The van der Waals surface area contributed by atoms with Crippen molar-refractivity contribution in [1.82, 2.24) is 9.97 Å². The van der Waals surface area contributed by atoms with E-state index in [0.717, 1.165) is 16.5 Å². The molecule has 0 bridgehead atoms. The molecular weight excluding hydrogens is 286 g/mol. The second-order valence-electron chi connectivity index (χ2n) is 4.47. The summed E-state index contributed by atoms with van der Waals surface area (Å²) in [6.07, 6.45) is 0. The number of nitrogen functional groups attached to an aromatic ring is 1. The predicted octanol–water partition coefficient (Wildman–Crippen LogP) is 2.54. The average Bonchev–Trinajstić information content (AvgIpc) is 2.91. The molecule has 3 aromatic rings. The highest BCUT2D eigenvalue weighted by molar-refractivity contribution is 7.13. The molecule has 0 atom stereocenters. The Kier molecular flexibility index (Phi) is 3.51. The van der Waals surface area contributed by atoms with Crippen molar-refractivity contribution in [2.24, 2.45) is 5.84 Å². The van der Waals surface area contributed by atoms with Gasteiger partial charge in [0.15, 0.2) is 5.13 Å². The molecule has 0 unspecified atom stereocenters. The number of hydrazine groups is 1. The number of nitrogens with zero attached hydrogens (tertiary/aromatic N) is 2. The number of aromatic nitrogens is 2. The van der Waals surface area contributed by atoms with Crippen LogP contribution >= 0.6 is 11.3 Å². The van der Waals surface area contributed by atoms with Gasteiger partial charge in [0.05, 0.1) is 5.69 Å². The number of hydrogen-bond acceptors (Lipinski definition) is 6. The molecule has 7 heteroatoms. The van der Waals surface area contributed by atoms with Crippen LogP contribution in [0.2, 0.25) is 0 Å². The summed E-state index contributed by atoms with van der Waals surface area (Å²) in [6, 6.07) is 9.31. The lowest BCUT2D eigenvalue weighted by molar-refractivity contribution is 0.102. The minimum absolute atomic E-state index is 0.287. The molecular formula is C14H13N5OS. The van der Waals surface area contributed by atoms with E-state index in [1.54, 1.807) is 6.07 Å². The highest BCUT2D eigenvalue weighted by Crippen LogP contribution is 2.22. The van der Waals surface area contributed by atoms with E-state index in [9.17, 15) is 4.79 Å². The van der Waals surface area contributed by atoms with Gasteiger partial charge in [0, 0.05) is 10.8 Å². The van der Waals surface area contributed by atoms with Crippen LogP contribution < -0.4 is 16.6 Å². The fraction of sp³-hybridized carbons (Fsp3) is 0.0714. The number of carbonyl (C=O) groups excluding carboxylic acids is 1. The molecule has 1 aromatic carbocycles. The fourth-order valence-electron chi connectivity index (χ4n) is 2.00. The Morgan fingerprint density at radius 3 is 2.81 bits per heavy atom. The zero-order valence-corrected chi connectivity index (χ0v) is 12.1. The van der Waals surface area contributed by atoms with Crippen molar-refractivity contribution in [2.75, 3.05) is 10.7 Å². The van der Waals surface area contributed by atoms with Crippen molar-refractivity contribution in [3.05, 3.63) is 47.1 Å². The van der Waals surface area contributed by atoms with Gasteiger partial charge in [-0.05, 0) is 18.4 Å². The maximum Gasteiger partial charge on any atom is 0.276 e. The lowest BCUT2D eigenvalue weighted by Crippen LogP contribution is -2.16. The van der Waals surface area contributed by atoms with Crippen LogP contribution in [0.4, 0.5) is 10.9 Å². The number of nitrogens with one attached hydrogen (secondary N) is 2. The number of fused-ring (bicyclic) bond motifs is 1. The van der Waals surface area contributed by atoms with Crippen LogP contribution in [0.1, 0.15) is 16.2 Å². The monoisotopic (exact) mass is 299 g/mol. The highest BCUT2D eigenvalue weighted by Gasteiger charge is 2.13. The minimum atomic E-state index is -0.313. The Bertz CT molecular complexity index is 814. The SMILES string of the molecule is Cc1csc(NC(=O)c2cc3ccccc3c(NN)n2)n1. The third kappa shape index (κ3) is 2.69. The topological polar surface area (TPSA) is 92.9 Å². The Morgan fingerprint density at radius 2 is 2.10 bits per heavy atom. The lowest BCUT2D eigenvalue weighted by atomic mass is 10.1. The first kappa shape index (κ1) is 13.5. The van der Waals surface area contributed by atoms with Gasteiger partial charge in [-0.15, -0.1) is 11.3 Å². The van der Waals surface area contributed by atoms with Crippen molar-refractivity contribution in [2.45, 2.75) is 6.92 Å². The second kappa shape index (κ2) is 5.47. The third-order valence-electron chi connectivity index (χ3n) is 2.95. The van der Waals surface area contributed by atoms with E-state index in [4.69, 9.17) is 5.84 Å². The molecule has 0 aliphatic carbocycles. The van der Waals surface area contributed by atoms with E-state index in [1.165, 1.54) is 11.3 Å². The van der Waals surface area contributed by atoms with E-state index in [-0.39, 0.29) is 11.6 Å². The molecule has 4 N–H and O–H groups in total. The largest absolute Gasteiger partial charge is 0.308 e. The molecule has 3 rings (SSSR count). The molecule has 2 aromatic heterocycles. The van der Waals surface area contributed by atoms with E-state index >= 15 is 0 Å². The third-order valence-corrected chi connectivity index (χ3v) is 3.82. The second-order valence-corrected chi connectivity index (χ2v) is 5.33. The normalized spacial score (nSPS) is 10.6. The van der Waals surface area contributed by atoms with Crippen molar-refractivity contribution >= 4 is 39.0 Å². The summed E-state index contributed by atoms with van der Waals surface area (Å²) in [5, 5.41) is 6.91. The summed E-state index contributed by atoms with van der Waals surface area (Å²) >= 11 is 1.37. The first-order chi connectivity index (χ1) is 10.2. The molecule has 0 fully saturated rings. The number of carbonyl (C=O) groups is 1. The molecule has 6 nitrogen and oxygen atoms in total. The number of thiazole rings is 1. The lowest BCUT2D eigenvalue weighted by Gasteiger charge is -2.08. The molecule has 0 saturated carbocycles. The quantitative estimate of drug-likeness (QED) is 0.510. The Labute approximate surface area is 125 Å². The van der Waals surface area contributed by atoms with E-state index in [2.05, 4.69) is 20.7 Å². The number of hydrogen-bond donors (Lipinski definition) is 3. The molecule has 0 saturated heterocycles. The molecule has 0 aliphatic rings. The van der Waals surface area contributed by atoms with Gasteiger partial charge in [-0.3, -0.25) is 10.1 Å². The van der Waals surface area contributed by atoms with Gasteiger partial charge < -0.3 is 5.43 Å². The predicted molar refractivity (Wildman–Crippen MR) is 84.4 cm³/mol. The van der Waals surface area contributed by atoms with E-state index < -0.39 is 0 Å². The van der Waals surface area contributed by atoms with Gasteiger partial charge in [0.25, 0.3) is 5.91 Å². The number of benzene rings is 1. The van der Waals surface area contributed by atoms with Crippen LogP contribution in [0.3, 0.4) is 0 Å². The molecule has 106 valence electrons. The smallest absolute Gasteiger partial charge is 0.276 e. The first-order valence-corrected chi connectivity index (χ1v) is 7.15. The van der Waals surface area contributed by atoms with Crippen LogP contribution in [0, 0.1) is 6.92 Å². The van der Waals surface area contributed by atoms with Crippen molar-refractivity contribution < 1.29 is 4.79 Å². The van der Waals surface area contributed by atoms with Crippen LogP contribution in [-0.4, -0.2) is 15.9 Å². The van der Waals surface area contributed by atoms with Gasteiger partial charge >= 0.3 is 0 Å². The number of pyridine rings is 1. The number of rotatable bonds is 3. The molecule has 0 radical (unpaired) electrons. The summed E-state index contributed by atoms with van der Waals surface area (Å²) in [4.78, 5) is 20.7. The maximum absolute atomic E-state index is 12.3. The zero-order valence-electron chi connectivity index (χ0n) is 11.3. The Hall–Kier alpha value is -2.51. The van der Waals surface area contributed by atoms with Gasteiger partial charge in [0.1, 0.15) is 11.5 Å². The van der Waals surface area contributed by atoms with Crippen LogP contribution in [0.15, 0.2) is 35.7 Å². The summed E-state index contributed by atoms with van der Waals surface area (Å²) in [5.74, 6) is 5.64. The Balaban J connectivity index is 1.98. The molecule has 21 heavy (non-hydrogen) atoms. The summed E-state index contributed by atoms with van der Waals surface area (Å²) in [6.45, 7) is 1.87. The molecule has 0 aliphatic heterocycles. The highest BCUT2D eigenvalue weighted by atomic mass is 32.1. The summed E-state index contributed by atoms with van der Waals surface area (Å²) < 4.78 is 0. The van der Waals surface area contributed by atoms with Gasteiger partial charge in [-0.25, -0.2) is 15.8 Å². The van der Waals surface area contributed by atoms with Crippen molar-refractivity contribution in [3.8, 4) is 0 Å². The van der Waals surface area contributed by atoms with Crippen molar-refractivity contribution in [3.63, 3.8) is 0 Å². The zero-order chi connectivity index (χ0) is 14.8.